The monoisotopic (exact) mass is 464 g/mol. The number of hydrogen-bond acceptors (Lipinski definition) is 6. The standard InChI is InChI=1S/C27H32N2O5/c1-29-13-12-26-22-17-8-9-20(30)23(22)34-24(26)18(10-11-27(26,33-2)21(29)15-17)28-19(25(31)32)14-16-6-4-3-5-7-16/h3-9,18-19,21,24,28,30H,10-15H2,1-2H3,(H,31,32)/t18-,19?,21?,24+,26+,27-/m1/s1. The first-order valence-corrected chi connectivity index (χ1v) is 12.2. The van der Waals surface area contributed by atoms with Gasteiger partial charge in [0.2, 0.25) is 0 Å². The lowest BCUT2D eigenvalue weighted by atomic mass is 9.48. The first kappa shape index (κ1) is 21.9. The number of benzene rings is 2. The molecule has 2 unspecified atom stereocenters. The smallest absolute Gasteiger partial charge is 0.321 e. The maximum atomic E-state index is 12.3. The van der Waals surface area contributed by atoms with Crippen LogP contribution in [0.2, 0.25) is 0 Å². The van der Waals surface area contributed by atoms with Crippen molar-refractivity contribution in [2.45, 2.75) is 67.3 Å². The summed E-state index contributed by atoms with van der Waals surface area (Å²) in [5, 5.41) is 24.3. The molecule has 6 rings (SSSR count). The largest absolute Gasteiger partial charge is 0.504 e. The van der Waals surface area contributed by atoms with Gasteiger partial charge in [-0.25, -0.2) is 0 Å². The van der Waals surface area contributed by atoms with E-state index in [0.29, 0.717) is 12.2 Å². The third kappa shape index (κ3) is 2.78. The van der Waals surface area contributed by atoms with Crippen molar-refractivity contribution in [2.24, 2.45) is 0 Å². The quantitative estimate of drug-likeness (QED) is 0.605. The molecule has 180 valence electrons. The Hall–Kier alpha value is -2.61. The molecule has 2 heterocycles. The molecule has 6 atom stereocenters. The molecule has 2 fully saturated rings. The van der Waals surface area contributed by atoms with Crippen LogP contribution in [-0.4, -0.2) is 71.6 Å². The zero-order valence-electron chi connectivity index (χ0n) is 19.7. The second kappa shape index (κ2) is 7.70. The second-order valence-electron chi connectivity index (χ2n) is 10.4. The van der Waals surface area contributed by atoms with Crippen LogP contribution in [0.1, 0.15) is 36.0 Å². The van der Waals surface area contributed by atoms with E-state index in [4.69, 9.17) is 9.47 Å². The highest BCUT2D eigenvalue weighted by atomic mass is 16.5. The van der Waals surface area contributed by atoms with Crippen LogP contribution in [0.5, 0.6) is 11.5 Å². The molecule has 0 amide bonds. The Morgan fingerprint density at radius 3 is 2.79 bits per heavy atom. The van der Waals surface area contributed by atoms with E-state index >= 15 is 0 Å². The number of carbonyl (C=O) groups is 1. The Balaban J connectivity index is 1.42. The lowest BCUT2D eigenvalue weighted by Gasteiger charge is -2.65. The number of methoxy groups -OCH3 is 1. The van der Waals surface area contributed by atoms with Crippen molar-refractivity contribution in [3.05, 3.63) is 59.2 Å². The van der Waals surface area contributed by atoms with E-state index in [9.17, 15) is 15.0 Å². The number of aromatic hydroxyl groups is 1. The second-order valence-corrected chi connectivity index (χ2v) is 10.4. The maximum absolute atomic E-state index is 12.3. The number of carboxylic acid groups (broad SMARTS) is 1. The number of nitrogens with zero attached hydrogens (tertiary/aromatic N) is 1. The van der Waals surface area contributed by atoms with Crippen LogP contribution < -0.4 is 10.1 Å². The number of nitrogens with one attached hydrogen (secondary N) is 1. The van der Waals surface area contributed by atoms with Gasteiger partial charge >= 0.3 is 5.97 Å². The van der Waals surface area contributed by atoms with Crippen LogP contribution in [0.3, 0.4) is 0 Å². The van der Waals surface area contributed by atoms with E-state index in [0.717, 1.165) is 43.4 Å². The Morgan fingerprint density at radius 1 is 1.26 bits per heavy atom. The topological polar surface area (TPSA) is 91.3 Å². The van der Waals surface area contributed by atoms with Crippen LogP contribution in [0.4, 0.5) is 0 Å². The van der Waals surface area contributed by atoms with Crippen molar-refractivity contribution >= 4 is 5.97 Å². The number of phenols is 1. The van der Waals surface area contributed by atoms with Gasteiger partial charge in [0.05, 0.1) is 11.0 Å². The van der Waals surface area contributed by atoms with Gasteiger partial charge in [0.1, 0.15) is 12.1 Å². The number of carboxylic acids is 1. The predicted octanol–water partition coefficient (Wildman–Crippen LogP) is 2.48. The van der Waals surface area contributed by atoms with Gasteiger partial charge in [0.15, 0.2) is 11.5 Å². The van der Waals surface area contributed by atoms with Crippen molar-refractivity contribution in [3.8, 4) is 11.5 Å². The fourth-order valence-corrected chi connectivity index (χ4v) is 7.64. The molecule has 2 aromatic rings. The van der Waals surface area contributed by atoms with Gasteiger partial charge in [0.25, 0.3) is 0 Å². The average Bonchev–Trinajstić information content (AvgIpc) is 3.20. The summed E-state index contributed by atoms with van der Waals surface area (Å²) in [4.78, 5) is 14.7. The SMILES string of the molecule is CO[C@@]12CC[C@@H](NC(Cc3ccccc3)C(=O)O)[C@@H]3Oc4c(O)ccc5c4[C@@]31CCN(C)C2C5. The molecule has 0 aromatic heterocycles. The highest BCUT2D eigenvalue weighted by Gasteiger charge is 2.73. The highest BCUT2D eigenvalue weighted by molar-refractivity contribution is 5.74. The van der Waals surface area contributed by atoms with Crippen LogP contribution in [-0.2, 0) is 27.8 Å². The van der Waals surface area contributed by atoms with Crippen molar-refractivity contribution in [3.63, 3.8) is 0 Å². The Bertz CT molecular complexity index is 1120. The van der Waals surface area contributed by atoms with Crippen molar-refractivity contribution < 1.29 is 24.5 Å². The molecule has 2 aromatic carbocycles. The number of hydrogen-bond donors (Lipinski definition) is 3. The van der Waals surface area contributed by atoms with E-state index in [1.807, 2.05) is 36.4 Å². The first-order valence-electron chi connectivity index (χ1n) is 12.2. The highest BCUT2D eigenvalue weighted by Crippen LogP contribution is 2.66. The summed E-state index contributed by atoms with van der Waals surface area (Å²) >= 11 is 0. The van der Waals surface area contributed by atoms with Crippen molar-refractivity contribution in [2.75, 3.05) is 20.7 Å². The number of likely N-dealkylation sites (tertiary alicyclic amines) is 1. The molecular formula is C27H32N2O5. The summed E-state index contributed by atoms with van der Waals surface area (Å²) in [6.45, 7) is 0.906. The molecule has 7 heteroatoms. The number of likely N-dealkylation sites (N-methyl/N-ethyl adjacent to an activating group) is 1. The number of phenolic OH excluding ortho intramolecular Hbond substituents is 1. The van der Waals surface area contributed by atoms with Gasteiger partial charge in [0, 0.05) is 24.8 Å². The lowest BCUT2D eigenvalue weighted by molar-refractivity contribution is -0.204. The van der Waals surface area contributed by atoms with Crippen LogP contribution in [0.15, 0.2) is 42.5 Å². The van der Waals surface area contributed by atoms with E-state index in [-0.39, 0.29) is 23.9 Å². The fraction of sp³-hybridized carbons (Fsp3) is 0.519. The van der Waals surface area contributed by atoms with Crippen LogP contribution in [0, 0.1) is 0 Å². The minimum atomic E-state index is -0.867. The van der Waals surface area contributed by atoms with Gasteiger partial charge < -0.3 is 24.6 Å². The van der Waals surface area contributed by atoms with E-state index in [2.05, 4.69) is 17.3 Å². The summed E-state index contributed by atoms with van der Waals surface area (Å²) in [5.41, 5.74) is 2.42. The van der Waals surface area contributed by atoms with Gasteiger partial charge in [-0.3, -0.25) is 10.1 Å². The maximum Gasteiger partial charge on any atom is 0.321 e. The van der Waals surface area contributed by atoms with Gasteiger partial charge in [-0.1, -0.05) is 36.4 Å². The van der Waals surface area contributed by atoms with Crippen molar-refractivity contribution in [1.82, 2.24) is 10.2 Å². The normalized spacial score (nSPS) is 34.2. The molecule has 1 spiro atoms. The fourth-order valence-electron chi connectivity index (χ4n) is 7.64. The molecule has 3 N–H and O–H groups in total. The molecule has 4 aliphatic rings. The lowest BCUT2D eigenvalue weighted by Crippen LogP contribution is -2.78. The molecule has 2 aliphatic heterocycles. The third-order valence-electron chi connectivity index (χ3n) is 9.05. The third-order valence-corrected chi connectivity index (χ3v) is 9.05. The average molecular weight is 465 g/mol. The van der Waals surface area contributed by atoms with Gasteiger partial charge in [-0.05, 0) is 62.9 Å². The number of rotatable bonds is 6. The zero-order chi connectivity index (χ0) is 23.7. The predicted molar refractivity (Wildman–Crippen MR) is 126 cm³/mol. The van der Waals surface area contributed by atoms with E-state index in [1.54, 1.807) is 13.2 Å². The van der Waals surface area contributed by atoms with E-state index < -0.39 is 23.0 Å². The number of ether oxygens (including phenoxy) is 2. The van der Waals surface area contributed by atoms with Crippen molar-refractivity contribution in [1.29, 1.82) is 0 Å². The van der Waals surface area contributed by atoms with Crippen LogP contribution in [0.25, 0.3) is 0 Å². The minimum Gasteiger partial charge on any atom is -0.504 e. The van der Waals surface area contributed by atoms with Gasteiger partial charge in [-0.15, -0.1) is 0 Å². The molecule has 2 bridgehead atoms. The Labute approximate surface area is 199 Å². The molecule has 7 nitrogen and oxygen atoms in total. The summed E-state index contributed by atoms with van der Waals surface area (Å²) in [6.07, 6.45) is 3.34. The molecule has 0 radical (unpaired) electrons. The molecular weight excluding hydrogens is 432 g/mol. The number of piperidine rings is 1. The summed E-state index contributed by atoms with van der Waals surface area (Å²) in [6, 6.07) is 12.8. The zero-order valence-corrected chi connectivity index (χ0v) is 19.7. The summed E-state index contributed by atoms with van der Waals surface area (Å²) in [5.74, 6) is -0.146. The molecule has 1 saturated heterocycles. The molecule has 34 heavy (non-hydrogen) atoms. The van der Waals surface area contributed by atoms with Crippen LogP contribution >= 0.6 is 0 Å². The molecule has 2 aliphatic carbocycles. The summed E-state index contributed by atoms with van der Waals surface area (Å²) < 4.78 is 13.1. The summed E-state index contributed by atoms with van der Waals surface area (Å²) in [7, 11) is 3.97. The van der Waals surface area contributed by atoms with E-state index in [1.165, 1.54) is 5.56 Å². The molecule has 1 saturated carbocycles. The minimum absolute atomic E-state index is 0.155. The Kier molecular flexibility index (Phi) is 4.96. The Morgan fingerprint density at radius 2 is 2.06 bits per heavy atom. The van der Waals surface area contributed by atoms with Gasteiger partial charge in [-0.2, -0.15) is 0 Å². The number of aliphatic carboxylic acids is 1. The first-order chi connectivity index (χ1) is 16.4.